The molecular weight excluding hydrogens is 1910 g/mol. The van der Waals surface area contributed by atoms with Gasteiger partial charge in [0.2, 0.25) is 101 Å². The minimum Gasteiger partial charge on any atom is -0.508 e. The number of benzene rings is 2. The van der Waals surface area contributed by atoms with Crippen LogP contribution in [0.15, 0.2) is 69.6 Å². The van der Waals surface area contributed by atoms with Crippen LogP contribution in [0.1, 0.15) is 201 Å². The summed E-state index contributed by atoms with van der Waals surface area (Å²) in [6.07, 6.45) is 5.83. The molecule has 0 radical (unpaired) electrons. The average Bonchev–Trinajstić information content (AvgIpc) is 1.67. The molecule has 810 valence electrons. The molecule has 0 bridgehead atoms. The zero-order valence-corrected chi connectivity index (χ0v) is 85.8. The number of aldehydes is 1. The molecular formula is C92H160N30O20S2. The SMILES string of the molecule is CCC(=O)NCCSCCC(=O)NN.CCC(=O)NCCSCCC(=O)NNC=O.CC[C@H](C)[C@H](NC(=O)C(CCCN=C(N)N)NC(=O)[C@@H]1CCCN1C(=O)[C@H](CCCCN)NC(=O)[C@H](CC(C)C)NC(=O)[C@H](CCCCN)NO)C(=O)NC(CCCN=C(N)N)C(=O)N[C@@H](CCCN=C(N)N)C(=O)NC(CC(C)C)C(=O)N[C@@H](Cc1ccccc1)C(=O)NCC(=O)NCC(=O)NC(C=O)Cc1ccc(O)cc1. The molecule has 1 fully saturated rings. The summed E-state index contributed by atoms with van der Waals surface area (Å²) in [5.74, 6) is -3.50. The number of hydrazine groups is 2. The van der Waals surface area contributed by atoms with Crippen LogP contribution in [0.5, 0.6) is 5.75 Å². The standard InChI is InChI=1S/C75H126N24O15.C9H17N3O3S.C8H17N3O2S/c1-7-46(6)62(97-66(107)53(25-17-35-86-75(82)83)91-70(111)59-26-18-36-99(59)72(113)55(22-12-14-32-77)93-68(109)56(37-44(2)3)95-67(108)54(98-114)21-11-13-31-76)71(112)92-52(24-16-34-85-74(80)81)64(105)90-51(23-15-33-84-73(78)79)65(106)94-57(38-45(4)5)69(110)96-58(40-47-19-9-8-10-20-47)63(104)88-41-60(102)87-42-61(103)89-49(43-100)39-48-27-29-50(101)30-28-48;1-2-8(14)10-4-6-16-5-3-9(15)12-11-7-13;1-2-7(12)10-4-6-14-5-3-8(13)11-9/h8-10,19-20,27-30,43-46,49,51-59,62,98,101,114H,7,11-18,21-26,31-42,76-77H2,1-6H3,(H,87,102)(H,88,104)(H,89,103)(H,90,105)(H,91,111)(H,92,112)(H,93,109)(H,94,106)(H,95,108)(H,96,110)(H,97,107)(H4,78,79,84)(H4,80,81,85)(H4,82,83,86);7H,2-6H2,1H3,(H,10,14)(H,11,13)(H,12,15);2-6,9H2,1H3,(H,10,12)(H,11,13)/t46-,49?,51-,52?,53?,54-,55-,56-,57?,58-,59-,62-;;/m0../s1. The molecule has 0 spiro atoms. The second-order valence-electron chi connectivity index (χ2n) is 34.7. The van der Waals surface area contributed by atoms with Gasteiger partial charge >= 0.3 is 0 Å². The van der Waals surface area contributed by atoms with Crippen LogP contribution in [0.3, 0.4) is 0 Å². The number of likely N-dealkylation sites (tertiary alicyclic amines) is 1. The van der Waals surface area contributed by atoms with Gasteiger partial charge in [0.05, 0.1) is 19.1 Å². The lowest BCUT2D eigenvalue weighted by molar-refractivity contribution is -0.143. The van der Waals surface area contributed by atoms with E-state index < -0.39 is 156 Å². The number of hydroxylamine groups is 1. The lowest BCUT2D eigenvalue weighted by Gasteiger charge is -2.32. The van der Waals surface area contributed by atoms with Gasteiger partial charge in [-0.3, -0.25) is 113 Å². The van der Waals surface area contributed by atoms with E-state index in [1.165, 1.54) is 17.0 Å². The molecule has 50 nitrogen and oxygen atoms in total. The van der Waals surface area contributed by atoms with E-state index in [4.69, 9.17) is 51.7 Å². The Morgan fingerprint density at radius 3 is 1.36 bits per heavy atom. The van der Waals surface area contributed by atoms with E-state index in [0.29, 0.717) is 107 Å². The monoisotopic (exact) mass is 2070 g/mol. The van der Waals surface area contributed by atoms with Gasteiger partial charge in [-0.2, -0.15) is 29.0 Å². The van der Waals surface area contributed by atoms with E-state index in [1.807, 2.05) is 26.3 Å². The third-order valence-corrected chi connectivity index (χ3v) is 23.8. The molecule has 2 aromatic rings. The molecule has 4 unspecified atom stereocenters. The van der Waals surface area contributed by atoms with Crippen molar-refractivity contribution in [1.82, 2.24) is 95.8 Å². The highest BCUT2D eigenvalue weighted by atomic mass is 32.2. The van der Waals surface area contributed by atoms with E-state index in [2.05, 4.69) is 100 Å². The Morgan fingerprint density at radius 2 is 0.896 bits per heavy atom. The normalized spacial score (nSPS) is 14.1. The first kappa shape index (κ1) is 129. The van der Waals surface area contributed by atoms with Crippen LogP contribution in [0.25, 0.3) is 0 Å². The van der Waals surface area contributed by atoms with Gasteiger partial charge in [-0.1, -0.05) is 111 Å². The number of thioether (sulfide) groups is 2. The van der Waals surface area contributed by atoms with Crippen molar-refractivity contribution in [2.24, 2.45) is 84.4 Å². The molecule has 0 saturated carbocycles. The summed E-state index contributed by atoms with van der Waals surface area (Å²) >= 11 is 3.19. The number of carbonyl (C=O) groups is 18. The second-order valence-corrected chi connectivity index (χ2v) is 37.2. The van der Waals surface area contributed by atoms with E-state index in [9.17, 15) is 96.6 Å². The number of nitrogens with one attached hydrogen (secondary N) is 17. The molecule has 2 aromatic carbocycles. The Labute approximate surface area is 850 Å². The molecule has 0 aromatic heterocycles. The molecule has 17 amide bonds. The van der Waals surface area contributed by atoms with Gasteiger partial charge in [0.25, 0.3) is 0 Å². The van der Waals surface area contributed by atoms with Crippen molar-refractivity contribution >= 4 is 149 Å². The first-order valence-electron chi connectivity index (χ1n) is 48.6. The summed E-state index contributed by atoms with van der Waals surface area (Å²) in [7, 11) is 0. The largest absolute Gasteiger partial charge is 0.508 e. The van der Waals surface area contributed by atoms with Crippen LogP contribution in [0.2, 0.25) is 0 Å². The number of rotatable bonds is 71. The van der Waals surface area contributed by atoms with Crippen molar-refractivity contribution in [3.05, 3.63) is 65.7 Å². The van der Waals surface area contributed by atoms with E-state index in [1.54, 1.807) is 101 Å². The van der Waals surface area contributed by atoms with Crippen molar-refractivity contribution in [2.45, 2.75) is 270 Å². The van der Waals surface area contributed by atoms with Crippen LogP contribution < -0.4 is 143 Å². The van der Waals surface area contributed by atoms with Crippen molar-refractivity contribution in [3.63, 3.8) is 0 Å². The summed E-state index contributed by atoms with van der Waals surface area (Å²) in [5.41, 5.74) is 55.0. The predicted molar refractivity (Wildman–Crippen MR) is 549 cm³/mol. The molecule has 0 aliphatic carbocycles. The highest BCUT2D eigenvalue weighted by Gasteiger charge is 2.42. The number of hydrogen-bond acceptors (Lipinski definition) is 29. The number of phenols is 1. The summed E-state index contributed by atoms with van der Waals surface area (Å²) in [6, 6.07) is 0.604. The maximum atomic E-state index is 14.9. The maximum Gasteiger partial charge on any atom is 0.245 e. The number of aromatic hydroxyl groups is 1. The Hall–Kier alpha value is -12.8. The minimum atomic E-state index is -1.48. The highest BCUT2D eigenvalue weighted by Crippen LogP contribution is 2.23. The Bertz CT molecular complexity index is 4330. The Morgan fingerprint density at radius 1 is 0.458 bits per heavy atom. The van der Waals surface area contributed by atoms with Gasteiger partial charge in [0.1, 0.15) is 72.5 Å². The minimum absolute atomic E-state index is 0.00735. The number of aliphatic imine (C=N–C) groups is 3. The van der Waals surface area contributed by atoms with Crippen LogP contribution in [-0.2, 0) is 99.1 Å². The summed E-state index contributed by atoms with van der Waals surface area (Å²) < 4.78 is 0. The Balaban J connectivity index is 0.00000294. The van der Waals surface area contributed by atoms with Gasteiger partial charge < -0.3 is 135 Å². The number of carbonyl (C=O) groups excluding carboxylic acids is 18. The molecule has 3 rings (SSSR count). The fraction of sp³-hybridized carbons (Fsp3) is 0.641. The zero-order valence-electron chi connectivity index (χ0n) is 84.1. The van der Waals surface area contributed by atoms with Crippen LogP contribution in [0.4, 0.5) is 0 Å². The number of phenolic OH excluding ortho intramolecular Hbond substituents is 1. The van der Waals surface area contributed by atoms with Crippen molar-refractivity contribution < 1.29 is 96.6 Å². The van der Waals surface area contributed by atoms with E-state index >= 15 is 0 Å². The van der Waals surface area contributed by atoms with Gasteiger partial charge in [0.15, 0.2) is 17.9 Å². The molecule has 37 N–H and O–H groups in total. The van der Waals surface area contributed by atoms with E-state index in [0.717, 1.165) is 17.3 Å². The van der Waals surface area contributed by atoms with Crippen molar-refractivity contribution in [3.8, 4) is 5.75 Å². The summed E-state index contributed by atoms with van der Waals surface area (Å²) in [4.78, 5) is 249. The van der Waals surface area contributed by atoms with Crippen LogP contribution in [-0.4, -0.2) is 295 Å². The lowest BCUT2D eigenvalue weighted by Crippen LogP contribution is -2.61. The molecule has 12 atom stereocenters. The topological polar surface area (TPSA) is 827 Å². The number of amides is 17. The van der Waals surface area contributed by atoms with Crippen molar-refractivity contribution in [2.75, 3.05) is 88.5 Å². The van der Waals surface area contributed by atoms with Crippen molar-refractivity contribution in [1.29, 1.82) is 0 Å². The number of guanidine groups is 3. The molecule has 1 aliphatic heterocycles. The molecule has 1 saturated heterocycles. The average molecular weight is 2070 g/mol. The third-order valence-electron chi connectivity index (χ3n) is 21.9. The molecule has 52 heteroatoms. The smallest absolute Gasteiger partial charge is 0.245 e. The molecule has 1 heterocycles. The Kier molecular flexibility index (Phi) is 68.9. The maximum absolute atomic E-state index is 14.9. The molecule has 1 aliphatic rings. The zero-order chi connectivity index (χ0) is 108. The summed E-state index contributed by atoms with van der Waals surface area (Å²) in [5, 5.41) is 54.4. The number of nitrogens with zero attached hydrogens (tertiary/aromatic N) is 4. The predicted octanol–water partition coefficient (Wildman–Crippen LogP) is -5.09. The van der Waals surface area contributed by atoms with E-state index in [-0.39, 0.29) is 182 Å². The van der Waals surface area contributed by atoms with Crippen LogP contribution >= 0.6 is 23.5 Å². The van der Waals surface area contributed by atoms with Gasteiger partial charge in [0, 0.05) is 94.4 Å². The number of nitrogens with two attached hydrogens (primary N) is 9. The number of hydrogen-bond donors (Lipinski definition) is 28. The fourth-order valence-electron chi connectivity index (χ4n) is 14.0. The lowest BCUT2D eigenvalue weighted by atomic mass is 9.96. The number of unbranched alkanes of at least 4 members (excludes halogenated alkanes) is 2. The fourth-order valence-corrected chi connectivity index (χ4v) is 15.6. The highest BCUT2D eigenvalue weighted by molar-refractivity contribution is 7.99. The first-order chi connectivity index (χ1) is 68.6. The van der Waals surface area contributed by atoms with Gasteiger partial charge in [-0.15, -0.1) is 0 Å². The first-order valence-corrected chi connectivity index (χ1v) is 50.9. The molecule has 144 heavy (non-hydrogen) atoms. The second kappa shape index (κ2) is 76.8. The van der Waals surface area contributed by atoms with Crippen LogP contribution in [0, 0.1) is 17.8 Å². The quantitative estimate of drug-likeness (QED) is 0.00560. The van der Waals surface area contributed by atoms with Gasteiger partial charge in [-0.25, -0.2) is 5.84 Å². The summed E-state index contributed by atoms with van der Waals surface area (Å²) in [6.45, 7) is 15.0. The van der Waals surface area contributed by atoms with Gasteiger partial charge in [-0.05, 0) is 157 Å². The third kappa shape index (κ3) is 58.7.